The summed E-state index contributed by atoms with van der Waals surface area (Å²) in [6.45, 7) is 2.11. The van der Waals surface area contributed by atoms with Gasteiger partial charge in [0.05, 0.1) is 17.1 Å². The minimum absolute atomic E-state index is 0.670. The number of hydrogen-bond donors (Lipinski definition) is 1. The lowest BCUT2D eigenvalue weighted by molar-refractivity contribution is 0.594. The van der Waals surface area contributed by atoms with Gasteiger partial charge < -0.3 is 4.55 Å². The summed E-state index contributed by atoms with van der Waals surface area (Å²) in [6, 6.07) is 2.06. The van der Waals surface area contributed by atoms with Crippen molar-refractivity contribution in [1.82, 2.24) is 24.6 Å². The second-order valence-corrected chi connectivity index (χ2v) is 9.66. The van der Waals surface area contributed by atoms with E-state index in [0.717, 1.165) is 54.4 Å². The Morgan fingerprint density at radius 2 is 2.31 bits per heavy atom. The minimum Gasteiger partial charge on any atom is -0.611 e. The van der Waals surface area contributed by atoms with Crippen LogP contribution in [0.1, 0.15) is 19.8 Å². The number of fused-ring (bicyclic) bond motifs is 2. The molecule has 5 heterocycles. The zero-order valence-electron chi connectivity index (χ0n) is 13.9. The van der Waals surface area contributed by atoms with Crippen LogP contribution in [0, 0.1) is 0 Å². The third-order valence-corrected chi connectivity index (χ3v) is 8.08. The molecule has 26 heavy (non-hydrogen) atoms. The van der Waals surface area contributed by atoms with Gasteiger partial charge in [-0.15, -0.1) is 11.3 Å². The summed E-state index contributed by atoms with van der Waals surface area (Å²) in [5, 5.41) is 8.28. The predicted octanol–water partition coefficient (Wildman–Crippen LogP) is 4.46. The normalized spacial score (nSPS) is 13.3. The Morgan fingerprint density at radius 1 is 1.38 bits per heavy atom. The van der Waals surface area contributed by atoms with E-state index in [2.05, 4.69) is 28.1 Å². The Hall–Kier alpha value is -1.94. The fourth-order valence-electron chi connectivity index (χ4n) is 3.07. The van der Waals surface area contributed by atoms with Crippen molar-refractivity contribution in [1.29, 1.82) is 0 Å². The molecular formula is C17H15N5OS3. The molecule has 0 saturated carbocycles. The van der Waals surface area contributed by atoms with E-state index in [4.69, 9.17) is 4.98 Å². The quantitative estimate of drug-likeness (QED) is 0.441. The molecule has 0 spiro atoms. The monoisotopic (exact) mass is 401 g/mol. The highest BCUT2D eigenvalue weighted by Crippen LogP contribution is 2.40. The summed E-state index contributed by atoms with van der Waals surface area (Å²) in [6.07, 6.45) is 7.34. The van der Waals surface area contributed by atoms with Gasteiger partial charge >= 0.3 is 0 Å². The number of imidazole rings is 1. The van der Waals surface area contributed by atoms with Crippen molar-refractivity contribution < 1.29 is 4.55 Å². The highest BCUT2D eigenvalue weighted by molar-refractivity contribution is 7.93. The van der Waals surface area contributed by atoms with Crippen molar-refractivity contribution in [2.24, 2.45) is 0 Å². The van der Waals surface area contributed by atoms with Crippen LogP contribution < -0.4 is 0 Å². The average molecular weight is 402 g/mol. The van der Waals surface area contributed by atoms with E-state index in [1.54, 1.807) is 23.9 Å². The van der Waals surface area contributed by atoms with Crippen molar-refractivity contribution in [3.05, 3.63) is 30.2 Å². The lowest BCUT2D eigenvalue weighted by Gasteiger charge is -2.08. The number of thiophene rings is 1. The largest absolute Gasteiger partial charge is 0.611 e. The molecule has 1 atom stereocenters. The van der Waals surface area contributed by atoms with Crippen LogP contribution >= 0.6 is 22.7 Å². The van der Waals surface area contributed by atoms with Gasteiger partial charge in [-0.2, -0.15) is 0 Å². The molecule has 9 heteroatoms. The Balaban J connectivity index is 1.83. The van der Waals surface area contributed by atoms with Crippen LogP contribution in [0.15, 0.2) is 34.4 Å². The minimum atomic E-state index is -1.04. The number of rotatable bonds is 5. The van der Waals surface area contributed by atoms with Gasteiger partial charge in [-0.05, 0) is 23.7 Å². The van der Waals surface area contributed by atoms with Crippen molar-refractivity contribution in [3.8, 4) is 10.7 Å². The Labute approximate surface area is 160 Å². The number of unbranched alkanes of at least 4 members (excludes halogenated alkanes) is 1. The Bertz CT molecular complexity index is 1200. The maximum Gasteiger partial charge on any atom is 0.234 e. The smallest absolute Gasteiger partial charge is 0.234 e. The summed E-state index contributed by atoms with van der Waals surface area (Å²) in [4.78, 5) is 14.4. The maximum absolute atomic E-state index is 12.9. The van der Waals surface area contributed by atoms with E-state index in [1.165, 1.54) is 11.3 Å². The number of pyridine rings is 1. The van der Waals surface area contributed by atoms with Gasteiger partial charge in [-0.3, -0.25) is 5.10 Å². The number of aromatic nitrogens is 5. The van der Waals surface area contributed by atoms with Crippen LogP contribution in [-0.4, -0.2) is 34.9 Å². The topological polar surface area (TPSA) is 81.9 Å². The molecule has 5 aromatic rings. The van der Waals surface area contributed by atoms with E-state index < -0.39 is 11.2 Å². The van der Waals surface area contributed by atoms with E-state index in [0.29, 0.717) is 5.75 Å². The first-order valence-corrected chi connectivity index (χ1v) is 11.3. The van der Waals surface area contributed by atoms with E-state index in [-0.39, 0.29) is 0 Å². The van der Waals surface area contributed by atoms with E-state index >= 15 is 0 Å². The first kappa shape index (κ1) is 16.2. The highest BCUT2D eigenvalue weighted by atomic mass is 32.2. The molecular weight excluding hydrogens is 386 g/mol. The Morgan fingerprint density at radius 3 is 3.12 bits per heavy atom. The SMILES string of the molecule is CCCC[S+]([O-])c1sc2nc(-c3nccs3)cc3c2c1[nH]n1cncc31. The third-order valence-electron chi connectivity index (χ3n) is 4.32. The van der Waals surface area contributed by atoms with Crippen LogP contribution in [0.5, 0.6) is 0 Å². The van der Waals surface area contributed by atoms with Gasteiger partial charge in [0, 0.05) is 17.0 Å². The van der Waals surface area contributed by atoms with Gasteiger partial charge in [-0.1, -0.05) is 24.7 Å². The van der Waals surface area contributed by atoms with Gasteiger partial charge in [0.1, 0.15) is 33.1 Å². The van der Waals surface area contributed by atoms with Crippen LogP contribution in [-0.2, 0) is 11.2 Å². The lowest BCUT2D eigenvalue weighted by Crippen LogP contribution is -2.06. The molecule has 0 aliphatic carbocycles. The standard InChI is InChI=1S/C17H15N5OS3/c1-2-3-6-26(23)17-14-13-10(12-8-18-9-22(12)21-14)7-11(20-16(13)25-17)15-19-4-5-24-15/h4-5,7-9,21H,2-3,6H2,1H3. The molecule has 6 nitrogen and oxygen atoms in total. The van der Waals surface area contributed by atoms with Crippen molar-refractivity contribution >= 4 is 60.5 Å². The van der Waals surface area contributed by atoms with Gasteiger partial charge in [0.2, 0.25) is 4.21 Å². The molecule has 0 saturated heterocycles. The zero-order chi connectivity index (χ0) is 17.7. The van der Waals surface area contributed by atoms with E-state index in [9.17, 15) is 4.55 Å². The molecule has 0 aliphatic heterocycles. The molecule has 132 valence electrons. The first-order valence-electron chi connectivity index (χ1n) is 8.31. The number of nitrogens with one attached hydrogen (secondary N) is 1. The molecule has 5 aromatic heterocycles. The summed E-state index contributed by atoms with van der Waals surface area (Å²) in [5.74, 6) is 0.670. The van der Waals surface area contributed by atoms with Gasteiger partial charge in [0.25, 0.3) is 0 Å². The van der Waals surface area contributed by atoms with Crippen LogP contribution in [0.2, 0.25) is 0 Å². The number of nitrogens with zero attached hydrogens (tertiary/aromatic N) is 4. The second-order valence-electron chi connectivity index (χ2n) is 6.00. The van der Waals surface area contributed by atoms with Crippen LogP contribution in [0.4, 0.5) is 0 Å². The number of hydrogen-bond acceptors (Lipinski definition) is 6. The molecule has 1 unspecified atom stereocenters. The molecule has 0 amide bonds. The maximum atomic E-state index is 12.9. The number of thiazole rings is 1. The molecule has 0 radical (unpaired) electrons. The molecule has 0 aliphatic rings. The third kappa shape index (κ3) is 2.46. The fourth-order valence-corrected chi connectivity index (χ4v) is 6.52. The lowest BCUT2D eigenvalue weighted by atomic mass is 10.1. The Kier molecular flexibility index (Phi) is 3.96. The van der Waals surface area contributed by atoms with Gasteiger partial charge in [0.15, 0.2) is 0 Å². The van der Waals surface area contributed by atoms with Crippen molar-refractivity contribution in [3.63, 3.8) is 0 Å². The highest BCUT2D eigenvalue weighted by Gasteiger charge is 2.24. The second kappa shape index (κ2) is 6.34. The number of aromatic amines is 1. The van der Waals surface area contributed by atoms with Crippen molar-refractivity contribution in [2.75, 3.05) is 5.75 Å². The van der Waals surface area contributed by atoms with Crippen molar-refractivity contribution in [2.45, 2.75) is 24.0 Å². The fraction of sp³-hybridized carbons (Fsp3) is 0.235. The first-order chi connectivity index (χ1) is 12.8. The zero-order valence-corrected chi connectivity index (χ0v) is 16.4. The van der Waals surface area contributed by atoms with Crippen LogP contribution in [0.25, 0.3) is 37.3 Å². The summed E-state index contributed by atoms with van der Waals surface area (Å²) < 4.78 is 15.6. The van der Waals surface area contributed by atoms with Crippen LogP contribution in [0.3, 0.4) is 0 Å². The molecule has 0 aromatic carbocycles. The summed E-state index contributed by atoms with van der Waals surface area (Å²) >= 11 is 2.04. The molecule has 0 fully saturated rings. The van der Waals surface area contributed by atoms with Gasteiger partial charge in [-0.25, -0.2) is 19.5 Å². The predicted molar refractivity (Wildman–Crippen MR) is 108 cm³/mol. The van der Waals surface area contributed by atoms with E-state index in [1.807, 2.05) is 16.1 Å². The average Bonchev–Trinajstić information content (AvgIpc) is 3.39. The summed E-state index contributed by atoms with van der Waals surface area (Å²) in [5.41, 5.74) is 2.72. The summed E-state index contributed by atoms with van der Waals surface area (Å²) in [7, 11) is 0. The molecule has 5 rings (SSSR count). The number of H-pyrrole nitrogens is 1. The molecule has 0 bridgehead atoms. The molecule has 1 N–H and O–H groups in total.